The Morgan fingerprint density at radius 1 is 0.318 bits per heavy atom. The molecule has 404 valence electrons. The van der Waals surface area contributed by atoms with Crippen LogP contribution in [0, 0.1) is 0 Å². The fraction of sp³-hybridized carbons (Fsp3) is 0. The van der Waals surface area contributed by atoms with Crippen LogP contribution in [-0.4, -0.2) is 9.55 Å². The quantitative estimate of drug-likeness (QED) is 0.186. The van der Waals surface area contributed by atoms with E-state index in [1.807, 2.05) is 52.4 Å². The summed E-state index contributed by atoms with van der Waals surface area (Å²) in [6, 6.07) is 100. The lowest BCUT2D eigenvalue weighted by Crippen LogP contribution is -2.14. The maximum atomic E-state index is 3.51. The zero-order chi connectivity index (χ0) is 56.4. The number of thiophene rings is 2. The summed E-state index contributed by atoms with van der Waals surface area (Å²) in [5.41, 5.74) is 15.9. The summed E-state index contributed by atoms with van der Waals surface area (Å²) in [6.07, 6.45) is 4.20. The zero-order valence-electron chi connectivity index (χ0n) is 45.6. The highest BCUT2D eigenvalue weighted by atomic mass is 79.9. The minimum absolute atomic E-state index is 1.10. The van der Waals surface area contributed by atoms with Crippen LogP contribution in [0.15, 0.2) is 316 Å². The molecule has 4 nitrogen and oxygen atoms in total. The smallest absolute Gasteiger partial charge is 0.0601 e. The summed E-state index contributed by atoms with van der Waals surface area (Å²) < 4.78 is 8.77. The van der Waals surface area contributed by atoms with Crippen molar-refractivity contribution in [2.45, 2.75) is 19.6 Å². The molecule has 12 aromatic carbocycles. The van der Waals surface area contributed by atoms with Crippen molar-refractivity contribution in [3.8, 4) is 27.9 Å². The number of nitrogens with one attached hydrogen (secondary N) is 1. The number of benzene rings is 12. The van der Waals surface area contributed by atoms with Crippen molar-refractivity contribution in [1.29, 1.82) is 0 Å². The lowest BCUT2D eigenvalue weighted by atomic mass is 10.0. The number of H-pyrrole nitrogens is 1. The number of hydrogen-bond donors (Lipinski definition) is 1. The van der Waals surface area contributed by atoms with Gasteiger partial charge in [0.15, 0.2) is 0 Å². The van der Waals surface area contributed by atoms with Crippen LogP contribution in [-0.2, 0) is 0 Å². The Labute approximate surface area is 517 Å². The van der Waals surface area contributed by atoms with Crippen LogP contribution in [0.5, 0.6) is 0 Å². The number of halogens is 1. The van der Waals surface area contributed by atoms with Crippen LogP contribution >= 0.6 is 62.1 Å². The first-order valence-corrected chi connectivity index (χ1v) is 32.3. The number of rotatable bonds is 5. The molecule has 0 fully saturated rings. The summed E-state index contributed by atoms with van der Waals surface area (Å²) in [5, 5.41) is 7.86. The lowest BCUT2D eigenvalue weighted by molar-refractivity contribution is 1.12. The van der Waals surface area contributed by atoms with Gasteiger partial charge >= 0.3 is 0 Å². The van der Waals surface area contributed by atoms with Crippen molar-refractivity contribution in [3.63, 3.8) is 0 Å². The molecular formula is C76H49BrN4S4. The molecular weight excluding hydrogens is 1180 g/mol. The van der Waals surface area contributed by atoms with Crippen molar-refractivity contribution >= 4 is 158 Å². The minimum Gasteiger partial charge on any atom is -0.361 e. The van der Waals surface area contributed by atoms with E-state index in [0.29, 0.717) is 0 Å². The Kier molecular flexibility index (Phi) is 13.3. The molecule has 0 aliphatic carbocycles. The van der Waals surface area contributed by atoms with Crippen LogP contribution < -0.4 is 9.80 Å². The van der Waals surface area contributed by atoms with E-state index in [2.05, 4.69) is 321 Å². The topological polar surface area (TPSA) is 27.2 Å². The fourth-order valence-corrected chi connectivity index (χ4v) is 16.5. The van der Waals surface area contributed by atoms with Crippen LogP contribution in [0.3, 0.4) is 0 Å². The van der Waals surface area contributed by atoms with Gasteiger partial charge in [0.2, 0.25) is 0 Å². The maximum absolute atomic E-state index is 3.51. The lowest BCUT2D eigenvalue weighted by Gasteiger charge is -2.32. The van der Waals surface area contributed by atoms with Gasteiger partial charge in [-0.15, -0.1) is 22.7 Å². The van der Waals surface area contributed by atoms with E-state index < -0.39 is 0 Å². The third kappa shape index (κ3) is 9.59. The van der Waals surface area contributed by atoms with E-state index in [-0.39, 0.29) is 0 Å². The van der Waals surface area contributed by atoms with Crippen molar-refractivity contribution in [2.75, 3.05) is 9.80 Å². The molecule has 0 atom stereocenters. The molecule has 9 heteroatoms. The van der Waals surface area contributed by atoms with E-state index in [1.54, 1.807) is 0 Å². The summed E-state index contributed by atoms with van der Waals surface area (Å²) in [7, 11) is 0. The van der Waals surface area contributed by atoms with Gasteiger partial charge in [0.1, 0.15) is 0 Å². The van der Waals surface area contributed by atoms with Crippen LogP contribution in [0.1, 0.15) is 0 Å². The normalized spacial score (nSPS) is 12.4. The molecule has 0 spiro atoms. The van der Waals surface area contributed by atoms with E-state index in [0.717, 1.165) is 15.8 Å². The fourth-order valence-electron chi connectivity index (χ4n) is 11.9. The van der Waals surface area contributed by atoms with Crippen molar-refractivity contribution in [1.82, 2.24) is 9.55 Å². The van der Waals surface area contributed by atoms with E-state index in [4.69, 9.17) is 0 Å². The largest absolute Gasteiger partial charge is 0.361 e. The standard InChI is InChI=1S/C38H24N2S2.C20H13NS.C18H12BrNS/c1-2-8-25(9-3-1)26-14-19-35-30(22-26)31-24-34-27(23-38(31)41-35)20-21-39(34)28-15-17-29(18-16-28)40-32-10-4-6-12-36(32)42-37-13-7-5-11-33(37)40;1-2-4-13(5-3-1)14-6-7-19-16(10-14)17-12-18-15(8-9-21-18)11-20(17)22-19;19-13-9-11-14(12-10-13)20-15-5-1-3-7-17(15)21-18-8-4-2-6-16(18)20/h1-24H;1-12,21H;1-12H. The molecule has 0 radical (unpaired) electrons. The minimum atomic E-state index is 1.10. The Bertz CT molecular complexity index is 5070. The second-order valence-electron chi connectivity index (χ2n) is 21.1. The van der Waals surface area contributed by atoms with Crippen molar-refractivity contribution < 1.29 is 0 Å². The molecule has 0 bridgehead atoms. The van der Waals surface area contributed by atoms with Gasteiger partial charge in [0.25, 0.3) is 0 Å². The predicted octanol–water partition coefficient (Wildman–Crippen LogP) is 24.2. The molecule has 4 aromatic heterocycles. The van der Waals surface area contributed by atoms with Gasteiger partial charge in [0, 0.05) is 110 Å². The third-order valence-corrected chi connectivity index (χ3v) is 21.0. The first-order chi connectivity index (χ1) is 42.0. The SMILES string of the molecule is Brc1ccc(N2c3ccccc3Sc3ccccc32)cc1.c1ccc(-c2ccc3sc4cc5cc[nH]c5cc4c3c2)cc1.c1ccc(-c2ccc3sc4cc5ccn(-c6ccc(N7c8ccccc8Sc8ccccc87)cc6)c5cc4c3c2)cc1. The molecule has 85 heavy (non-hydrogen) atoms. The predicted molar refractivity (Wildman–Crippen MR) is 370 cm³/mol. The van der Waals surface area contributed by atoms with E-state index >= 15 is 0 Å². The Morgan fingerprint density at radius 3 is 1.25 bits per heavy atom. The van der Waals surface area contributed by atoms with E-state index in [1.165, 1.54) is 132 Å². The molecule has 1 N–H and O–H groups in total. The number of para-hydroxylation sites is 4. The van der Waals surface area contributed by atoms with Crippen LogP contribution in [0.2, 0.25) is 0 Å². The van der Waals surface area contributed by atoms with Crippen LogP contribution in [0.25, 0.3) is 90.1 Å². The number of nitrogens with zero attached hydrogens (tertiary/aromatic N) is 3. The van der Waals surface area contributed by atoms with Gasteiger partial charge in [0.05, 0.1) is 28.3 Å². The molecule has 2 aliphatic heterocycles. The Hall–Kier alpha value is -9.06. The van der Waals surface area contributed by atoms with Crippen LogP contribution in [0.4, 0.5) is 34.1 Å². The van der Waals surface area contributed by atoms with Gasteiger partial charge in [-0.1, -0.05) is 161 Å². The number of hydrogen-bond acceptors (Lipinski definition) is 6. The average Bonchev–Trinajstić information content (AvgIpc) is 2.47. The molecule has 2 aliphatic rings. The highest BCUT2D eigenvalue weighted by Gasteiger charge is 2.26. The van der Waals surface area contributed by atoms with Gasteiger partial charge in [-0.2, -0.15) is 0 Å². The van der Waals surface area contributed by atoms with Gasteiger partial charge < -0.3 is 19.4 Å². The third-order valence-electron chi connectivity index (χ3n) is 16.0. The highest BCUT2D eigenvalue weighted by molar-refractivity contribution is 9.10. The Balaban J connectivity index is 0.000000115. The zero-order valence-corrected chi connectivity index (χ0v) is 50.4. The second kappa shape index (κ2) is 21.8. The molecule has 0 saturated heterocycles. The molecule has 6 heterocycles. The van der Waals surface area contributed by atoms with Gasteiger partial charge in [-0.3, -0.25) is 0 Å². The van der Waals surface area contributed by atoms with Gasteiger partial charge in [-0.05, 0) is 180 Å². The number of anilines is 6. The number of aromatic nitrogens is 2. The summed E-state index contributed by atoms with van der Waals surface area (Å²) in [6.45, 7) is 0. The number of fused-ring (bicyclic) bond motifs is 12. The number of aromatic amines is 1. The molecule has 16 aromatic rings. The molecule has 0 unspecified atom stereocenters. The van der Waals surface area contributed by atoms with Crippen molar-refractivity contribution in [3.05, 3.63) is 296 Å². The highest BCUT2D eigenvalue weighted by Crippen LogP contribution is 2.53. The van der Waals surface area contributed by atoms with Gasteiger partial charge in [-0.25, -0.2) is 0 Å². The van der Waals surface area contributed by atoms with E-state index in [9.17, 15) is 0 Å². The summed E-state index contributed by atoms with van der Waals surface area (Å²) in [4.78, 5) is 13.2. The molecule has 0 amide bonds. The molecule has 18 rings (SSSR count). The monoisotopic (exact) mass is 1220 g/mol. The first kappa shape index (κ1) is 51.6. The molecule has 0 saturated carbocycles. The summed E-state index contributed by atoms with van der Waals surface area (Å²) >= 11 is 10.9. The first-order valence-electron chi connectivity index (χ1n) is 28.2. The second-order valence-corrected chi connectivity index (χ2v) is 26.4. The average molecular weight is 1230 g/mol. The maximum Gasteiger partial charge on any atom is 0.0601 e. The summed E-state index contributed by atoms with van der Waals surface area (Å²) in [5.74, 6) is 0. The van der Waals surface area contributed by atoms with Crippen molar-refractivity contribution in [2.24, 2.45) is 0 Å². The Morgan fingerprint density at radius 2 is 0.741 bits per heavy atom.